The summed E-state index contributed by atoms with van der Waals surface area (Å²) in [5.41, 5.74) is 2.64. The highest BCUT2D eigenvalue weighted by molar-refractivity contribution is 7.07. The van der Waals surface area contributed by atoms with Crippen LogP contribution in [0.25, 0.3) is 22.5 Å². The summed E-state index contributed by atoms with van der Waals surface area (Å²) in [5.74, 6) is 0.654. The van der Waals surface area contributed by atoms with E-state index in [4.69, 9.17) is 19.2 Å². The van der Waals surface area contributed by atoms with Crippen molar-refractivity contribution in [2.75, 3.05) is 20.8 Å². The number of fused-ring (bicyclic) bond motifs is 2. The van der Waals surface area contributed by atoms with E-state index in [1.54, 1.807) is 31.8 Å². The van der Waals surface area contributed by atoms with Crippen LogP contribution in [0.3, 0.4) is 0 Å². The molecule has 0 unspecified atom stereocenters. The largest absolute Gasteiger partial charge is 0.496 e. The lowest BCUT2D eigenvalue weighted by molar-refractivity contribution is -0.138. The third kappa shape index (κ3) is 4.69. The number of aromatic nitrogens is 1. The number of hydrogen-bond donors (Lipinski definition) is 0. The molecule has 4 aromatic carbocycles. The molecule has 0 saturated carbocycles. The Bertz CT molecular complexity index is 2020. The van der Waals surface area contributed by atoms with Crippen molar-refractivity contribution in [3.8, 4) is 11.5 Å². The first-order valence-corrected chi connectivity index (χ1v) is 14.3. The molecule has 1 atom stereocenters. The van der Waals surface area contributed by atoms with E-state index < -0.39 is 12.0 Å². The van der Waals surface area contributed by atoms with Gasteiger partial charge >= 0.3 is 5.97 Å². The highest BCUT2D eigenvalue weighted by Gasteiger charge is 2.37. The molecule has 7 nitrogen and oxygen atoms in total. The van der Waals surface area contributed by atoms with Gasteiger partial charge in [0.2, 0.25) is 0 Å². The molecule has 0 aliphatic carbocycles. The maximum Gasteiger partial charge on any atom is 0.338 e. The van der Waals surface area contributed by atoms with Gasteiger partial charge in [-0.1, -0.05) is 90.2 Å². The second-order valence-electron chi connectivity index (χ2n) is 9.58. The van der Waals surface area contributed by atoms with Gasteiger partial charge in [0.05, 0.1) is 36.6 Å². The van der Waals surface area contributed by atoms with E-state index in [0.717, 1.165) is 21.9 Å². The molecule has 1 aliphatic heterocycles. The van der Waals surface area contributed by atoms with Gasteiger partial charge in [0.25, 0.3) is 5.56 Å². The zero-order chi connectivity index (χ0) is 29.2. The molecule has 1 aliphatic rings. The summed E-state index contributed by atoms with van der Waals surface area (Å²) < 4.78 is 19.1. The molecule has 0 bridgehead atoms. The van der Waals surface area contributed by atoms with Gasteiger partial charge in [-0.05, 0) is 35.9 Å². The van der Waals surface area contributed by atoms with Crippen LogP contribution >= 0.6 is 11.3 Å². The van der Waals surface area contributed by atoms with Crippen molar-refractivity contribution >= 4 is 39.9 Å². The van der Waals surface area contributed by atoms with Gasteiger partial charge in [0, 0.05) is 16.7 Å². The molecule has 0 amide bonds. The van der Waals surface area contributed by atoms with Crippen molar-refractivity contribution in [2.24, 2.45) is 4.99 Å². The molecular weight excluding hydrogens is 548 g/mol. The Kier molecular flexibility index (Phi) is 7.46. The zero-order valence-electron chi connectivity index (χ0n) is 23.4. The summed E-state index contributed by atoms with van der Waals surface area (Å²) in [4.78, 5) is 33.6. The SMILES string of the molecule is CCOC(=O)C1=C(c2ccccc2)N=c2s/c(=C/c3ccccc3OC)c(=O)n2[C@H]1c1c(OC)ccc2ccccc12. The smallest absolute Gasteiger partial charge is 0.338 e. The Balaban J connectivity index is 1.75. The molecule has 1 aromatic heterocycles. The van der Waals surface area contributed by atoms with Crippen LogP contribution in [0.15, 0.2) is 106 Å². The molecule has 210 valence electrons. The number of nitrogens with zero attached hydrogens (tertiary/aromatic N) is 2. The van der Waals surface area contributed by atoms with Crippen LogP contribution in [0.2, 0.25) is 0 Å². The minimum absolute atomic E-state index is 0.169. The van der Waals surface area contributed by atoms with Gasteiger partial charge in [0.15, 0.2) is 4.80 Å². The number of carbonyl (C=O) groups is 1. The molecule has 0 spiro atoms. The number of carbonyl (C=O) groups excluding carboxylic acids is 1. The van der Waals surface area contributed by atoms with E-state index in [2.05, 4.69) is 0 Å². The molecule has 8 heteroatoms. The molecule has 0 radical (unpaired) electrons. The quantitative estimate of drug-likeness (QED) is 0.252. The highest BCUT2D eigenvalue weighted by Crippen LogP contribution is 2.42. The number of hydrogen-bond acceptors (Lipinski definition) is 7. The van der Waals surface area contributed by atoms with Crippen LogP contribution in [0, 0.1) is 0 Å². The van der Waals surface area contributed by atoms with Gasteiger partial charge in [-0.2, -0.15) is 0 Å². The van der Waals surface area contributed by atoms with Gasteiger partial charge in [0.1, 0.15) is 17.5 Å². The lowest BCUT2D eigenvalue weighted by Gasteiger charge is -2.28. The Morgan fingerprint density at radius 3 is 2.38 bits per heavy atom. The fourth-order valence-electron chi connectivity index (χ4n) is 5.38. The normalized spacial score (nSPS) is 14.8. The van der Waals surface area contributed by atoms with Crippen LogP contribution in [0.1, 0.15) is 29.7 Å². The van der Waals surface area contributed by atoms with Crippen LogP contribution in [0.5, 0.6) is 11.5 Å². The van der Waals surface area contributed by atoms with E-state index >= 15 is 0 Å². The summed E-state index contributed by atoms with van der Waals surface area (Å²) >= 11 is 1.26. The van der Waals surface area contributed by atoms with Crippen molar-refractivity contribution in [3.05, 3.63) is 133 Å². The van der Waals surface area contributed by atoms with Gasteiger partial charge < -0.3 is 14.2 Å². The van der Waals surface area contributed by atoms with Crippen molar-refractivity contribution in [2.45, 2.75) is 13.0 Å². The van der Waals surface area contributed by atoms with Crippen LogP contribution in [-0.4, -0.2) is 31.4 Å². The fourth-order valence-corrected chi connectivity index (χ4v) is 6.37. The van der Waals surface area contributed by atoms with Crippen LogP contribution in [0.4, 0.5) is 0 Å². The summed E-state index contributed by atoms with van der Waals surface area (Å²) in [5, 5.41) is 1.81. The Morgan fingerprint density at radius 2 is 1.62 bits per heavy atom. The summed E-state index contributed by atoms with van der Waals surface area (Å²) in [7, 11) is 3.18. The molecule has 5 aromatic rings. The van der Waals surface area contributed by atoms with Gasteiger partial charge in [-0.3, -0.25) is 9.36 Å². The van der Waals surface area contributed by atoms with E-state index in [0.29, 0.717) is 32.1 Å². The first-order chi connectivity index (χ1) is 20.5. The molecule has 2 heterocycles. The predicted octanol–water partition coefficient (Wildman–Crippen LogP) is 5.11. The molecule has 42 heavy (non-hydrogen) atoms. The monoisotopic (exact) mass is 576 g/mol. The van der Waals surface area contributed by atoms with Gasteiger partial charge in [-0.25, -0.2) is 9.79 Å². The minimum Gasteiger partial charge on any atom is -0.496 e. The molecule has 0 saturated heterocycles. The molecule has 6 rings (SSSR count). The lowest BCUT2D eigenvalue weighted by atomic mass is 9.89. The second-order valence-corrected chi connectivity index (χ2v) is 10.6. The zero-order valence-corrected chi connectivity index (χ0v) is 24.2. The third-order valence-corrected chi connectivity index (χ3v) is 8.21. The third-order valence-electron chi connectivity index (χ3n) is 7.22. The summed E-state index contributed by atoms with van der Waals surface area (Å²) in [6.07, 6.45) is 1.80. The maximum absolute atomic E-state index is 14.3. The van der Waals surface area contributed by atoms with E-state index in [9.17, 15) is 9.59 Å². The number of rotatable bonds is 7. The Morgan fingerprint density at radius 1 is 0.905 bits per heavy atom. The topological polar surface area (TPSA) is 79.1 Å². The van der Waals surface area contributed by atoms with E-state index in [-0.39, 0.29) is 17.7 Å². The minimum atomic E-state index is -0.864. The van der Waals surface area contributed by atoms with E-state index in [1.165, 1.54) is 11.3 Å². The molecule has 0 N–H and O–H groups in total. The van der Waals surface area contributed by atoms with Gasteiger partial charge in [-0.15, -0.1) is 0 Å². The second kappa shape index (κ2) is 11.5. The van der Waals surface area contributed by atoms with Crippen molar-refractivity contribution in [1.82, 2.24) is 4.57 Å². The highest BCUT2D eigenvalue weighted by atomic mass is 32.1. The number of benzene rings is 4. The Hall–Kier alpha value is -4.95. The van der Waals surface area contributed by atoms with Crippen molar-refractivity contribution in [3.63, 3.8) is 0 Å². The van der Waals surface area contributed by atoms with E-state index in [1.807, 2.05) is 91.0 Å². The van der Waals surface area contributed by atoms with Crippen LogP contribution < -0.4 is 24.4 Å². The van der Waals surface area contributed by atoms with Crippen molar-refractivity contribution < 1.29 is 19.0 Å². The average Bonchev–Trinajstić information content (AvgIpc) is 3.34. The van der Waals surface area contributed by atoms with Crippen LogP contribution in [-0.2, 0) is 9.53 Å². The number of methoxy groups -OCH3 is 2. The number of thiazole rings is 1. The fraction of sp³-hybridized carbons (Fsp3) is 0.147. The van der Waals surface area contributed by atoms with Crippen molar-refractivity contribution in [1.29, 1.82) is 0 Å². The average molecular weight is 577 g/mol. The summed E-state index contributed by atoms with van der Waals surface area (Å²) in [6, 6.07) is 27.8. The maximum atomic E-state index is 14.3. The molecular formula is C34H28N2O5S. The summed E-state index contributed by atoms with van der Waals surface area (Å²) in [6.45, 7) is 1.93. The Labute approximate surface area is 246 Å². The first kappa shape index (κ1) is 27.2. The number of para-hydroxylation sites is 1. The lowest BCUT2D eigenvalue weighted by Crippen LogP contribution is -2.40. The first-order valence-electron chi connectivity index (χ1n) is 13.5. The standard InChI is InChI=1S/C34H28N2O5S/c1-4-41-33(38)29-30(22-13-6-5-7-14-22)35-34-36(32(37)27(42-34)20-23-15-9-11-17-25(23)39-2)31(29)28-24-16-10-8-12-21(24)18-19-26(28)40-3/h5-20,31H,4H2,1-3H3/b27-20+/t31-/m0/s1. The predicted molar refractivity (Wildman–Crippen MR) is 165 cm³/mol. The number of ether oxygens (including phenoxy) is 3. The number of esters is 1. The molecule has 0 fully saturated rings.